The van der Waals surface area contributed by atoms with Gasteiger partial charge >= 0.3 is 0 Å². The zero-order valence-electron chi connectivity index (χ0n) is 15.6. The second-order valence-corrected chi connectivity index (χ2v) is 7.16. The molecule has 0 aliphatic carbocycles. The molecule has 0 saturated carbocycles. The number of methoxy groups -OCH3 is 1. The molecule has 0 radical (unpaired) electrons. The van der Waals surface area contributed by atoms with E-state index in [0.29, 0.717) is 0 Å². The minimum atomic E-state index is -1.58. The molecule has 29 heavy (non-hydrogen) atoms. The third kappa shape index (κ3) is 4.72. The quantitative estimate of drug-likeness (QED) is 0.212. The van der Waals surface area contributed by atoms with Crippen molar-refractivity contribution in [2.75, 3.05) is 26.9 Å². The molecule has 13 nitrogen and oxygen atoms in total. The van der Waals surface area contributed by atoms with Crippen LogP contribution in [0, 0.1) is 0 Å². The molecule has 0 aromatic heterocycles. The van der Waals surface area contributed by atoms with Gasteiger partial charge in [0.25, 0.3) is 0 Å². The second kappa shape index (κ2) is 9.74. The molecule has 170 valence electrons. The van der Waals surface area contributed by atoms with Crippen LogP contribution in [0.4, 0.5) is 0 Å². The van der Waals surface area contributed by atoms with Gasteiger partial charge in [0.2, 0.25) is 0 Å². The first-order valence-electron chi connectivity index (χ1n) is 9.20. The molecular formula is C16H28O13. The van der Waals surface area contributed by atoms with Gasteiger partial charge in [-0.2, -0.15) is 0 Å². The summed E-state index contributed by atoms with van der Waals surface area (Å²) in [4.78, 5) is 0. The van der Waals surface area contributed by atoms with Crippen LogP contribution < -0.4 is 0 Å². The van der Waals surface area contributed by atoms with Gasteiger partial charge in [-0.1, -0.05) is 0 Å². The van der Waals surface area contributed by atoms with Crippen LogP contribution in [0.5, 0.6) is 0 Å². The fourth-order valence-electron chi connectivity index (χ4n) is 3.45. The molecule has 3 aliphatic rings. The molecule has 0 unspecified atom stereocenters. The van der Waals surface area contributed by atoms with Crippen LogP contribution in [0.15, 0.2) is 0 Å². The van der Waals surface area contributed by atoms with Crippen LogP contribution in [-0.2, 0) is 28.4 Å². The van der Waals surface area contributed by atoms with Gasteiger partial charge in [-0.3, -0.25) is 0 Å². The average molecular weight is 428 g/mol. The fraction of sp³-hybridized carbons (Fsp3) is 1.00. The van der Waals surface area contributed by atoms with E-state index in [1.165, 1.54) is 7.11 Å². The van der Waals surface area contributed by atoms with Crippen molar-refractivity contribution in [1.82, 2.24) is 0 Å². The van der Waals surface area contributed by atoms with Gasteiger partial charge in [-0.15, -0.1) is 0 Å². The third-order valence-electron chi connectivity index (χ3n) is 5.19. The van der Waals surface area contributed by atoms with Crippen molar-refractivity contribution in [2.45, 2.75) is 73.8 Å². The number of rotatable bonds is 6. The molecule has 3 rings (SSSR count). The predicted octanol–water partition coefficient (Wildman–Crippen LogP) is -5.00. The van der Waals surface area contributed by atoms with Crippen molar-refractivity contribution >= 4 is 0 Å². The Hall–Kier alpha value is -0.520. The maximum Gasteiger partial charge on any atom is 0.187 e. The molecule has 0 spiro atoms. The standard InChI is InChI=1S/C16H28O13/c1-24-14-12(23)13(29-16-11(22)9(20)6(2-17)27-16)7(4-26-14)28-15-10(21)8(19)5(18)3-25-15/h5-23H,2-4H2,1H3/t5-,6-,7-,8+,9-,10-,11+,12-,13+,14-,15+,16-/m1/s1. The molecular weight excluding hydrogens is 400 g/mol. The molecule has 7 N–H and O–H groups in total. The van der Waals surface area contributed by atoms with Crippen molar-refractivity contribution in [1.29, 1.82) is 0 Å². The van der Waals surface area contributed by atoms with E-state index < -0.39 is 80.4 Å². The molecule has 0 aromatic carbocycles. The van der Waals surface area contributed by atoms with E-state index in [9.17, 15) is 35.7 Å². The largest absolute Gasteiger partial charge is 0.394 e. The Morgan fingerprint density at radius 1 is 0.759 bits per heavy atom. The van der Waals surface area contributed by atoms with Gasteiger partial charge in [0.1, 0.15) is 54.9 Å². The molecule has 12 atom stereocenters. The normalized spacial score (nSPS) is 51.3. The number of hydrogen-bond donors (Lipinski definition) is 7. The lowest BCUT2D eigenvalue weighted by Gasteiger charge is -2.43. The van der Waals surface area contributed by atoms with Crippen LogP contribution in [0.25, 0.3) is 0 Å². The summed E-state index contributed by atoms with van der Waals surface area (Å²) < 4.78 is 32.1. The lowest BCUT2D eigenvalue weighted by Crippen LogP contribution is -2.61. The molecule has 3 heterocycles. The van der Waals surface area contributed by atoms with E-state index in [1.807, 2.05) is 0 Å². The van der Waals surface area contributed by atoms with Crippen LogP contribution >= 0.6 is 0 Å². The van der Waals surface area contributed by atoms with Crippen molar-refractivity contribution in [3.8, 4) is 0 Å². The van der Waals surface area contributed by atoms with Gasteiger partial charge in [-0.25, -0.2) is 0 Å². The van der Waals surface area contributed by atoms with E-state index >= 15 is 0 Å². The van der Waals surface area contributed by atoms with Gasteiger partial charge < -0.3 is 64.2 Å². The van der Waals surface area contributed by atoms with Gasteiger partial charge in [0, 0.05) is 7.11 Å². The summed E-state index contributed by atoms with van der Waals surface area (Å²) in [7, 11) is 1.30. The Balaban J connectivity index is 1.71. The zero-order valence-corrected chi connectivity index (χ0v) is 15.6. The Kier molecular flexibility index (Phi) is 7.77. The topological polar surface area (TPSA) is 197 Å². The highest BCUT2D eigenvalue weighted by Gasteiger charge is 2.50. The summed E-state index contributed by atoms with van der Waals surface area (Å²) in [5, 5.41) is 69.1. The average Bonchev–Trinajstić information content (AvgIpc) is 2.98. The SMILES string of the molecule is CO[C@@H]1OC[C@@H](O[C@@H]2OC[C@@H](O)[C@H](O)[C@H]2O)[C@H](O[C@H]2O[C@H](CO)[C@@H](O)[C@@H]2O)[C@H]1O. The summed E-state index contributed by atoms with van der Waals surface area (Å²) >= 11 is 0. The summed E-state index contributed by atoms with van der Waals surface area (Å²) in [6, 6.07) is 0. The molecule has 3 saturated heterocycles. The minimum absolute atomic E-state index is 0.180. The molecule has 13 heteroatoms. The molecule has 0 amide bonds. The Morgan fingerprint density at radius 3 is 2.03 bits per heavy atom. The molecule has 0 bridgehead atoms. The van der Waals surface area contributed by atoms with Crippen molar-refractivity contribution < 1.29 is 64.2 Å². The smallest absolute Gasteiger partial charge is 0.187 e. The van der Waals surface area contributed by atoms with Gasteiger partial charge in [-0.05, 0) is 0 Å². The summed E-state index contributed by atoms with van der Waals surface area (Å²) in [5.41, 5.74) is 0. The maximum absolute atomic E-state index is 10.5. The van der Waals surface area contributed by atoms with Gasteiger partial charge in [0.15, 0.2) is 18.9 Å². The van der Waals surface area contributed by atoms with Gasteiger partial charge in [0.05, 0.1) is 19.8 Å². The summed E-state index contributed by atoms with van der Waals surface area (Å²) in [6.45, 7) is -1.03. The van der Waals surface area contributed by atoms with Crippen LogP contribution in [0.1, 0.15) is 0 Å². The predicted molar refractivity (Wildman–Crippen MR) is 88.0 cm³/mol. The highest BCUT2D eigenvalue weighted by molar-refractivity contribution is 4.92. The van der Waals surface area contributed by atoms with Crippen molar-refractivity contribution in [3.05, 3.63) is 0 Å². The van der Waals surface area contributed by atoms with Crippen LogP contribution in [0.3, 0.4) is 0 Å². The van der Waals surface area contributed by atoms with E-state index in [0.717, 1.165) is 0 Å². The first-order chi connectivity index (χ1) is 13.8. The summed E-state index contributed by atoms with van der Waals surface area (Å²) in [6.07, 6.45) is -15.9. The lowest BCUT2D eigenvalue weighted by molar-refractivity contribution is -0.345. The minimum Gasteiger partial charge on any atom is -0.394 e. The number of aliphatic hydroxyl groups excluding tert-OH is 7. The van der Waals surface area contributed by atoms with Crippen LogP contribution in [0.2, 0.25) is 0 Å². The number of hydrogen-bond acceptors (Lipinski definition) is 13. The van der Waals surface area contributed by atoms with E-state index in [4.69, 9.17) is 28.4 Å². The fourth-order valence-corrected chi connectivity index (χ4v) is 3.45. The van der Waals surface area contributed by atoms with Crippen LogP contribution in [-0.4, -0.2) is 136 Å². The van der Waals surface area contributed by atoms with Crippen molar-refractivity contribution in [2.24, 2.45) is 0 Å². The number of ether oxygens (including phenoxy) is 6. The maximum atomic E-state index is 10.5. The molecule has 3 fully saturated rings. The second-order valence-electron chi connectivity index (χ2n) is 7.16. The van der Waals surface area contributed by atoms with E-state index in [-0.39, 0.29) is 13.2 Å². The van der Waals surface area contributed by atoms with Crippen molar-refractivity contribution in [3.63, 3.8) is 0 Å². The Bertz CT molecular complexity index is 523. The highest BCUT2D eigenvalue weighted by Crippen LogP contribution is 2.30. The molecule has 3 aliphatic heterocycles. The monoisotopic (exact) mass is 428 g/mol. The Labute approximate surface area is 165 Å². The number of aliphatic hydroxyl groups is 7. The first-order valence-corrected chi connectivity index (χ1v) is 9.20. The zero-order chi connectivity index (χ0) is 21.3. The third-order valence-corrected chi connectivity index (χ3v) is 5.19. The lowest BCUT2D eigenvalue weighted by atomic mass is 10.0. The van der Waals surface area contributed by atoms with E-state index in [1.54, 1.807) is 0 Å². The highest BCUT2D eigenvalue weighted by atomic mass is 16.8. The van der Waals surface area contributed by atoms with E-state index in [2.05, 4.69) is 0 Å². The first kappa shape index (κ1) is 23.1. The Morgan fingerprint density at radius 2 is 1.41 bits per heavy atom. The summed E-state index contributed by atoms with van der Waals surface area (Å²) in [5.74, 6) is 0. The molecule has 0 aromatic rings.